The number of fused-ring (bicyclic) bond motifs is 1. The third-order valence-corrected chi connectivity index (χ3v) is 5.71. The number of likely N-dealkylation sites (tertiary alicyclic amines) is 1. The Morgan fingerprint density at radius 2 is 2.14 bits per heavy atom. The third-order valence-electron chi connectivity index (χ3n) is 4.44. The number of carbonyl (C=O) groups excluding carboxylic acids is 2. The van der Waals surface area contributed by atoms with Crippen LogP contribution in [0.1, 0.15) is 32.6 Å². The Morgan fingerprint density at radius 3 is 3.00 bits per heavy atom. The summed E-state index contributed by atoms with van der Waals surface area (Å²) in [5.41, 5.74) is 0.852. The molecule has 1 aromatic rings. The van der Waals surface area contributed by atoms with Crippen LogP contribution in [0.5, 0.6) is 0 Å². The molecule has 118 valence electrons. The maximum Gasteiger partial charge on any atom is 0.238 e. The van der Waals surface area contributed by atoms with Crippen LogP contribution in [0, 0.1) is 5.92 Å². The summed E-state index contributed by atoms with van der Waals surface area (Å²) < 4.78 is 0. The number of thioether (sulfide) groups is 1. The van der Waals surface area contributed by atoms with E-state index in [4.69, 9.17) is 0 Å². The van der Waals surface area contributed by atoms with Crippen molar-refractivity contribution in [1.29, 1.82) is 0 Å². The second kappa shape index (κ2) is 6.73. The highest BCUT2D eigenvalue weighted by Gasteiger charge is 2.30. The molecule has 0 unspecified atom stereocenters. The summed E-state index contributed by atoms with van der Waals surface area (Å²) in [6.07, 6.45) is 3.62. The fourth-order valence-corrected chi connectivity index (χ4v) is 4.13. The van der Waals surface area contributed by atoms with Crippen LogP contribution in [0.4, 0.5) is 5.69 Å². The number of nitrogens with one attached hydrogen (secondary N) is 1. The molecule has 22 heavy (non-hydrogen) atoms. The van der Waals surface area contributed by atoms with Gasteiger partial charge < -0.3 is 10.2 Å². The lowest BCUT2D eigenvalue weighted by Crippen LogP contribution is -2.38. The van der Waals surface area contributed by atoms with E-state index in [2.05, 4.69) is 12.2 Å². The molecule has 1 aromatic carbocycles. The van der Waals surface area contributed by atoms with Gasteiger partial charge in [0.25, 0.3) is 0 Å². The standard InChI is InChI=1S/C17H22N2O2S/c1-12-5-4-9-19(10-8-12)16(20)11-15-17(21)18-13-6-2-3-7-14(13)22-15/h2-3,6-7,12,15H,4-5,8-11H2,1H3,(H,18,21)/t12-,15-/m1/s1. The molecule has 1 fully saturated rings. The fraction of sp³-hybridized carbons (Fsp3) is 0.529. The Kier molecular flexibility index (Phi) is 4.71. The summed E-state index contributed by atoms with van der Waals surface area (Å²) in [5.74, 6) is 0.749. The van der Waals surface area contributed by atoms with Gasteiger partial charge in [0.15, 0.2) is 0 Å². The maximum absolute atomic E-state index is 12.5. The second-order valence-corrected chi connectivity index (χ2v) is 7.46. The molecule has 0 spiro atoms. The Balaban J connectivity index is 1.63. The Bertz CT molecular complexity index is 576. The Hall–Kier alpha value is -1.49. The summed E-state index contributed by atoms with van der Waals surface area (Å²) in [7, 11) is 0. The molecule has 2 aliphatic rings. The molecule has 1 saturated heterocycles. The number of anilines is 1. The van der Waals surface area contributed by atoms with Gasteiger partial charge in [-0.05, 0) is 37.3 Å². The highest BCUT2D eigenvalue weighted by atomic mass is 32.2. The van der Waals surface area contributed by atoms with Crippen molar-refractivity contribution in [2.24, 2.45) is 5.92 Å². The zero-order chi connectivity index (χ0) is 15.5. The largest absolute Gasteiger partial charge is 0.343 e. The van der Waals surface area contributed by atoms with E-state index in [9.17, 15) is 9.59 Å². The van der Waals surface area contributed by atoms with Crippen LogP contribution < -0.4 is 5.32 Å². The van der Waals surface area contributed by atoms with E-state index in [1.165, 1.54) is 18.2 Å². The number of nitrogens with zero attached hydrogens (tertiary/aromatic N) is 1. The van der Waals surface area contributed by atoms with E-state index in [0.29, 0.717) is 12.3 Å². The van der Waals surface area contributed by atoms with Crippen molar-refractivity contribution in [3.8, 4) is 0 Å². The highest BCUT2D eigenvalue weighted by Crippen LogP contribution is 2.36. The van der Waals surface area contributed by atoms with Gasteiger partial charge >= 0.3 is 0 Å². The van der Waals surface area contributed by atoms with E-state index >= 15 is 0 Å². The van der Waals surface area contributed by atoms with Gasteiger partial charge in [0.1, 0.15) is 0 Å². The van der Waals surface area contributed by atoms with Gasteiger partial charge in [-0.2, -0.15) is 0 Å². The number of hydrogen-bond acceptors (Lipinski definition) is 3. The number of para-hydroxylation sites is 1. The lowest BCUT2D eigenvalue weighted by Gasteiger charge is -2.26. The van der Waals surface area contributed by atoms with Crippen LogP contribution in [0.2, 0.25) is 0 Å². The quantitative estimate of drug-likeness (QED) is 0.911. The van der Waals surface area contributed by atoms with E-state index in [1.807, 2.05) is 29.2 Å². The molecular weight excluding hydrogens is 296 g/mol. The van der Waals surface area contributed by atoms with Gasteiger partial charge in [-0.3, -0.25) is 9.59 Å². The van der Waals surface area contributed by atoms with Gasteiger partial charge in [-0.1, -0.05) is 19.1 Å². The number of carbonyl (C=O) groups is 2. The minimum atomic E-state index is -0.317. The molecule has 0 saturated carbocycles. The van der Waals surface area contributed by atoms with E-state index in [-0.39, 0.29) is 17.1 Å². The first-order chi connectivity index (χ1) is 10.6. The normalized spacial score (nSPS) is 25.1. The van der Waals surface area contributed by atoms with Crippen LogP contribution in [-0.4, -0.2) is 35.1 Å². The Labute approximate surface area is 135 Å². The molecular formula is C17H22N2O2S. The van der Waals surface area contributed by atoms with Crippen molar-refractivity contribution in [3.05, 3.63) is 24.3 Å². The van der Waals surface area contributed by atoms with Crippen LogP contribution in [0.3, 0.4) is 0 Å². The molecule has 2 aliphatic heterocycles. The topological polar surface area (TPSA) is 49.4 Å². The lowest BCUT2D eigenvalue weighted by atomic mass is 10.0. The molecule has 0 bridgehead atoms. The van der Waals surface area contributed by atoms with E-state index in [1.54, 1.807) is 0 Å². The predicted octanol–water partition coefficient (Wildman–Crippen LogP) is 3.14. The molecule has 4 nitrogen and oxygen atoms in total. The third kappa shape index (κ3) is 3.46. The zero-order valence-electron chi connectivity index (χ0n) is 12.9. The van der Waals surface area contributed by atoms with Gasteiger partial charge in [0, 0.05) is 24.4 Å². The van der Waals surface area contributed by atoms with Gasteiger partial charge in [0.2, 0.25) is 11.8 Å². The van der Waals surface area contributed by atoms with Crippen LogP contribution in [-0.2, 0) is 9.59 Å². The minimum Gasteiger partial charge on any atom is -0.343 e. The molecule has 0 aromatic heterocycles. The molecule has 0 radical (unpaired) electrons. The highest BCUT2D eigenvalue weighted by molar-refractivity contribution is 8.01. The summed E-state index contributed by atoms with van der Waals surface area (Å²) in [5, 5.41) is 2.59. The molecule has 3 rings (SSSR count). The van der Waals surface area contributed by atoms with Crippen molar-refractivity contribution in [2.75, 3.05) is 18.4 Å². The van der Waals surface area contributed by atoms with Crippen molar-refractivity contribution >= 4 is 29.3 Å². The summed E-state index contributed by atoms with van der Waals surface area (Å²) in [6, 6.07) is 7.75. The maximum atomic E-state index is 12.5. The Morgan fingerprint density at radius 1 is 1.32 bits per heavy atom. The van der Waals surface area contributed by atoms with Crippen molar-refractivity contribution < 1.29 is 9.59 Å². The second-order valence-electron chi connectivity index (χ2n) is 6.21. The lowest BCUT2D eigenvalue weighted by molar-refractivity contribution is -0.132. The average Bonchev–Trinajstić information content (AvgIpc) is 2.73. The SMILES string of the molecule is C[C@@H]1CCCN(C(=O)C[C@H]2Sc3ccccc3NC2=O)CC1. The van der Waals surface area contributed by atoms with Gasteiger partial charge in [-0.15, -0.1) is 11.8 Å². The first kappa shape index (κ1) is 15.4. The summed E-state index contributed by atoms with van der Waals surface area (Å²) >= 11 is 1.50. The monoisotopic (exact) mass is 318 g/mol. The van der Waals surface area contributed by atoms with E-state index < -0.39 is 0 Å². The van der Waals surface area contributed by atoms with Crippen molar-refractivity contribution in [2.45, 2.75) is 42.8 Å². The minimum absolute atomic E-state index is 0.0553. The molecule has 1 N–H and O–H groups in total. The molecule has 2 heterocycles. The first-order valence-corrected chi connectivity index (χ1v) is 8.86. The summed E-state index contributed by atoms with van der Waals surface area (Å²) in [4.78, 5) is 27.7. The average molecular weight is 318 g/mol. The van der Waals surface area contributed by atoms with Gasteiger partial charge in [-0.25, -0.2) is 0 Å². The first-order valence-electron chi connectivity index (χ1n) is 7.98. The number of amides is 2. The fourth-order valence-electron chi connectivity index (χ4n) is 3.03. The molecule has 2 amide bonds. The van der Waals surface area contributed by atoms with Crippen molar-refractivity contribution in [3.63, 3.8) is 0 Å². The predicted molar refractivity (Wildman–Crippen MR) is 88.9 cm³/mol. The molecule has 0 aliphatic carbocycles. The molecule has 5 heteroatoms. The van der Waals surface area contributed by atoms with Crippen molar-refractivity contribution in [1.82, 2.24) is 4.90 Å². The molecule has 2 atom stereocenters. The van der Waals surface area contributed by atoms with Crippen LogP contribution in [0.15, 0.2) is 29.2 Å². The summed E-state index contributed by atoms with van der Waals surface area (Å²) in [6.45, 7) is 3.91. The zero-order valence-corrected chi connectivity index (χ0v) is 13.7. The smallest absolute Gasteiger partial charge is 0.238 e. The van der Waals surface area contributed by atoms with Crippen LogP contribution >= 0.6 is 11.8 Å². The van der Waals surface area contributed by atoms with Crippen LogP contribution in [0.25, 0.3) is 0 Å². The number of rotatable bonds is 2. The van der Waals surface area contributed by atoms with Gasteiger partial charge in [0.05, 0.1) is 10.9 Å². The van der Waals surface area contributed by atoms with E-state index in [0.717, 1.165) is 36.5 Å². The number of hydrogen-bond donors (Lipinski definition) is 1. The number of benzene rings is 1.